The second kappa shape index (κ2) is 5.86. The number of anilines is 2. The Morgan fingerprint density at radius 3 is 2.07 bits per heavy atom. The summed E-state index contributed by atoms with van der Waals surface area (Å²) in [4.78, 5) is 0. The Morgan fingerprint density at radius 2 is 1.18 bits per heavy atom. The van der Waals surface area contributed by atoms with Crippen molar-refractivity contribution in [2.75, 3.05) is 5.32 Å². The number of benzene rings is 5. The minimum absolute atomic E-state index is 0.899. The van der Waals surface area contributed by atoms with Crippen LogP contribution in [-0.2, 0) is 0 Å². The van der Waals surface area contributed by atoms with Crippen molar-refractivity contribution in [3.05, 3.63) is 97.1 Å². The molecule has 0 radical (unpaired) electrons. The van der Waals surface area contributed by atoms with Gasteiger partial charge in [-0.05, 0) is 40.4 Å². The summed E-state index contributed by atoms with van der Waals surface area (Å²) in [5, 5.41) is 10.9. The van der Waals surface area contributed by atoms with Crippen LogP contribution in [0.1, 0.15) is 0 Å². The molecule has 28 heavy (non-hydrogen) atoms. The third-order valence-corrected chi connectivity index (χ3v) is 5.43. The first-order chi connectivity index (χ1) is 13.9. The predicted octanol–water partition coefficient (Wildman–Crippen LogP) is 7.64. The summed E-state index contributed by atoms with van der Waals surface area (Å²) < 4.78 is 6.05. The van der Waals surface area contributed by atoms with Crippen molar-refractivity contribution < 1.29 is 4.42 Å². The van der Waals surface area contributed by atoms with Gasteiger partial charge in [-0.2, -0.15) is 0 Å². The van der Waals surface area contributed by atoms with Crippen LogP contribution in [0, 0.1) is 0 Å². The fourth-order valence-corrected chi connectivity index (χ4v) is 4.12. The number of hydrogen-bond donors (Lipinski definition) is 1. The van der Waals surface area contributed by atoms with Gasteiger partial charge in [-0.25, -0.2) is 0 Å². The third kappa shape index (κ3) is 2.28. The maximum Gasteiger partial charge on any atom is 0.137 e. The molecule has 0 atom stereocenters. The lowest BCUT2D eigenvalue weighted by molar-refractivity contribution is 0.669. The first-order valence-electron chi connectivity index (χ1n) is 9.46. The molecule has 0 saturated heterocycles. The van der Waals surface area contributed by atoms with Gasteiger partial charge < -0.3 is 9.73 Å². The lowest BCUT2D eigenvalue weighted by Gasteiger charge is -2.13. The minimum Gasteiger partial charge on any atom is -0.456 e. The Hall–Kier alpha value is -3.78. The molecule has 1 aromatic heterocycles. The van der Waals surface area contributed by atoms with Gasteiger partial charge in [-0.15, -0.1) is 0 Å². The summed E-state index contributed by atoms with van der Waals surface area (Å²) in [7, 11) is 0. The highest BCUT2D eigenvalue weighted by Gasteiger charge is 2.09. The highest BCUT2D eigenvalue weighted by Crippen LogP contribution is 2.35. The molecular formula is C26H17NO. The van der Waals surface area contributed by atoms with Gasteiger partial charge in [0.15, 0.2) is 0 Å². The van der Waals surface area contributed by atoms with E-state index in [2.05, 4.69) is 84.2 Å². The van der Waals surface area contributed by atoms with Crippen LogP contribution in [0.2, 0.25) is 0 Å². The Labute approximate surface area is 162 Å². The molecule has 0 unspecified atom stereocenters. The Morgan fingerprint density at radius 1 is 0.500 bits per heavy atom. The van der Waals surface area contributed by atoms with Crippen LogP contribution in [0.4, 0.5) is 11.4 Å². The molecule has 0 saturated carbocycles. The van der Waals surface area contributed by atoms with E-state index in [0.717, 1.165) is 33.3 Å². The van der Waals surface area contributed by atoms with Crippen LogP contribution in [0.3, 0.4) is 0 Å². The van der Waals surface area contributed by atoms with E-state index >= 15 is 0 Å². The van der Waals surface area contributed by atoms with E-state index in [-0.39, 0.29) is 0 Å². The van der Waals surface area contributed by atoms with Crippen molar-refractivity contribution in [2.24, 2.45) is 0 Å². The summed E-state index contributed by atoms with van der Waals surface area (Å²) in [5.74, 6) is 0. The van der Waals surface area contributed by atoms with Crippen LogP contribution in [0.5, 0.6) is 0 Å². The summed E-state index contributed by atoms with van der Waals surface area (Å²) in [6.07, 6.45) is 0. The first kappa shape index (κ1) is 15.3. The molecule has 0 bridgehead atoms. The SMILES string of the molecule is c1ccc2c(c1)cc(Nc1ccc3c(c1)oc1ccccc13)c1ccccc12. The number of hydrogen-bond acceptors (Lipinski definition) is 2. The second-order valence-electron chi connectivity index (χ2n) is 7.13. The van der Waals surface area contributed by atoms with Crippen LogP contribution in [0.25, 0.3) is 43.5 Å². The van der Waals surface area contributed by atoms with Gasteiger partial charge in [0.25, 0.3) is 0 Å². The van der Waals surface area contributed by atoms with Crippen LogP contribution in [0.15, 0.2) is 101 Å². The first-order valence-corrected chi connectivity index (χ1v) is 9.46. The number of furan rings is 1. The molecule has 0 aliphatic rings. The van der Waals surface area contributed by atoms with Gasteiger partial charge in [0.05, 0.1) is 0 Å². The average Bonchev–Trinajstić information content (AvgIpc) is 3.12. The molecule has 2 heteroatoms. The predicted molar refractivity (Wildman–Crippen MR) is 118 cm³/mol. The van der Waals surface area contributed by atoms with Gasteiger partial charge in [0.2, 0.25) is 0 Å². The fraction of sp³-hybridized carbons (Fsp3) is 0. The zero-order valence-electron chi connectivity index (χ0n) is 15.1. The van der Waals surface area contributed by atoms with Crippen molar-refractivity contribution in [1.82, 2.24) is 0 Å². The molecule has 2 nitrogen and oxygen atoms in total. The average molecular weight is 359 g/mol. The van der Waals surface area contributed by atoms with E-state index in [9.17, 15) is 0 Å². The molecule has 6 rings (SSSR count). The minimum atomic E-state index is 0.899. The molecule has 1 N–H and O–H groups in total. The second-order valence-corrected chi connectivity index (χ2v) is 7.13. The summed E-state index contributed by atoms with van der Waals surface area (Å²) in [5.41, 5.74) is 3.94. The Kier molecular flexibility index (Phi) is 3.20. The number of para-hydroxylation sites is 1. The van der Waals surface area contributed by atoms with Crippen LogP contribution >= 0.6 is 0 Å². The maximum atomic E-state index is 6.05. The van der Waals surface area contributed by atoms with E-state index in [1.807, 2.05) is 18.2 Å². The van der Waals surface area contributed by atoms with Gasteiger partial charge in [-0.3, -0.25) is 0 Å². The Bertz CT molecular complexity index is 1490. The lowest BCUT2D eigenvalue weighted by atomic mass is 10.00. The zero-order valence-corrected chi connectivity index (χ0v) is 15.1. The molecule has 6 aromatic rings. The van der Waals surface area contributed by atoms with Gasteiger partial charge in [0, 0.05) is 33.6 Å². The lowest BCUT2D eigenvalue weighted by Crippen LogP contribution is -1.92. The van der Waals surface area contributed by atoms with Crippen LogP contribution in [-0.4, -0.2) is 0 Å². The number of rotatable bonds is 2. The smallest absolute Gasteiger partial charge is 0.137 e. The molecule has 5 aromatic carbocycles. The normalized spacial score (nSPS) is 11.6. The van der Waals surface area contributed by atoms with E-state index in [1.165, 1.54) is 21.5 Å². The standard InChI is InChI=1S/C26H17NO/c1-2-8-19-17(7-1)15-24(21-10-4-3-9-20(19)21)27-18-13-14-23-22-11-5-6-12-25(22)28-26(23)16-18/h1-16,27H. The summed E-state index contributed by atoms with van der Waals surface area (Å²) in [6, 6.07) is 33.8. The van der Waals surface area contributed by atoms with Gasteiger partial charge in [-0.1, -0.05) is 66.7 Å². The Balaban J connectivity index is 1.53. The zero-order chi connectivity index (χ0) is 18.5. The van der Waals surface area contributed by atoms with Crippen molar-refractivity contribution in [3.8, 4) is 0 Å². The topological polar surface area (TPSA) is 25.2 Å². The quantitative estimate of drug-likeness (QED) is 0.321. The molecule has 0 fully saturated rings. The van der Waals surface area contributed by atoms with Crippen LogP contribution < -0.4 is 5.32 Å². The van der Waals surface area contributed by atoms with E-state index < -0.39 is 0 Å². The molecular weight excluding hydrogens is 342 g/mol. The van der Waals surface area contributed by atoms with Crippen molar-refractivity contribution in [1.29, 1.82) is 0 Å². The molecule has 132 valence electrons. The largest absolute Gasteiger partial charge is 0.456 e. The fourth-order valence-electron chi connectivity index (χ4n) is 4.12. The summed E-state index contributed by atoms with van der Waals surface area (Å²) in [6.45, 7) is 0. The van der Waals surface area contributed by atoms with Crippen molar-refractivity contribution in [2.45, 2.75) is 0 Å². The third-order valence-electron chi connectivity index (χ3n) is 5.43. The van der Waals surface area contributed by atoms with Crippen molar-refractivity contribution in [3.63, 3.8) is 0 Å². The molecule has 0 amide bonds. The number of nitrogens with one attached hydrogen (secondary N) is 1. The molecule has 0 aliphatic heterocycles. The monoisotopic (exact) mass is 359 g/mol. The highest BCUT2D eigenvalue weighted by atomic mass is 16.3. The molecule has 0 aliphatic carbocycles. The van der Waals surface area contributed by atoms with E-state index in [4.69, 9.17) is 4.42 Å². The van der Waals surface area contributed by atoms with Gasteiger partial charge in [0.1, 0.15) is 11.2 Å². The van der Waals surface area contributed by atoms with Crippen molar-refractivity contribution >= 4 is 54.9 Å². The molecule has 0 spiro atoms. The van der Waals surface area contributed by atoms with Gasteiger partial charge >= 0.3 is 0 Å². The van der Waals surface area contributed by atoms with E-state index in [0.29, 0.717) is 0 Å². The van der Waals surface area contributed by atoms with E-state index in [1.54, 1.807) is 0 Å². The number of fused-ring (bicyclic) bond motifs is 6. The highest BCUT2D eigenvalue weighted by molar-refractivity contribution is 6.13. The summed E-state index contributed by atoms with van der Waals surface area (Å²) >= 11 is 0. The molecule has 1 heterocycles. The maximum absolute atomic E-state index is 6.05.